The molecule has 5 N–H and O–H groups in total. The van der Waals surface area contributed by atoms with Gasteiger partial charge in [-0.2, -0.15) is 0 Å². The molecule has 0 spiro atoms. The van der Waals surface area contributed by atoms with E-state index in [4.69, 9.17) is 11.6 Å². The minimum absolute atomic E-state index is 0.281. The molecule has 1 aliphatic rings. The first kappa shape index (κ1) is 13.8. The van der Waals surface area contributed by atoms with Crippen LogP contribution >= 0.6 is 0 Å². The largest absolute Gasteiger partial charge is 0.369 e. The van der Waals surface area contributed by atoms with Crippen LogP contribution in [0.3, 0.4) is 0 Å². The quantitative estimate of drug-likeness (QED) is 0.516. The molecular formula is C13H21N5O. The average molecular weight is 263 g/mol. The van der Waals surface area contributed by atoms with E-state index in [9.17, 15) is 4.79 Å². The molecule has 0 radical (unpaired) electrons. The van der Waals surface area contributed by atoms with Crippen molar-refractivity contribution in [2.75, 3.05) is 12.0 Å². The van der Waals surface area contributed by atoms with Crippen molar-refractivity contribution in [2.45, 2.75) is 38.3 Å². The molecule has 1 aromatic heterocycles. The number of carbonyl (C=O) groups is 1. The second kappa shape index (κ2) is 6.49. The fraction of sp³-hybridized carbons (Fsp3) is 0.538. The maximum Gasteiger partial charge on any atom is 0.231 e. The number of primary amides is 1. The van der Waals surface area contributed by atoms with E-state index in [1.54, 1.807) is 6.20 Å². The normalized spacial score (nSPS) is 15.9. The highest BCUT2D eigenvalue weighted by Gasteiger charge is 2.24. The Morgan fingerprint density at radius 1 is 1.47 bits per heavy atom. The number of anilines is 1. The zero-order valence-corrected chi connectivity index (χ0v) is 11.0. The molecule has 0 saturated heterocycles. The molecule has 0 aliphatic heterocycles. The summed E-state index contributed by atoms with van der Waals surface area (Å²) in [4.78, 5) is 17.5. The highest BCUT2D eigenvalue weighted by molar-refractivity contribution is 5.76. The first-order chi connectivity index (χ1) is 9.20. The predicted molar refractivity (Wildman–Crippen MR) is 73.9 cm³/mol. The Kier molecular flexibility index (Phi) is 4.70. The third kappa shape index (κ3) is 3.65. The van der Waals surface area contributed by atoms with E-state index >= 15 is 0 Å². The lowest BCUT2D eigenvalue weighted by molar-refractivity contribution is -0.119. The number of nitrogens with two attached hydrogens (primary N) is 2. The van der Waals surface area contributed by atoms with Gasteiger partial charge in [-0.15, -0.1) is 0 Å². The summed E-state index contributed by atoms with van der Waals surface area (Å²) in [5, 5.41) is 0. The standard InChI is InChI=1S/C13H21N5O/c14-12(19)9-18(11-5-1-2-6-11)8-10-4-3-7-16-13(10)17-15/h3-4,7,11H,1-2,5-6,8-9,15H2,(H2,14,19)(H,16,17). The number of aromatic nitrogens is 1. The summed E-state index contributed by atoms with van der Waals surface area (Å²) in [6.45, 7) is 0.921. The molecule has 1 fully saturated rings. The summed E-state index contributed by atoms with van der Waals surface area (Å²) in [5.41, 5.74) is 8.92. The van der Waals surface area contributed by atoms with Gasteiger partial charge in [-0.3, -0.25) is 9.69 Å². The predicted octanol–water partition coefficient (Wildman–Crippen LogP) is 0.597. The third-order valence-electron chi connectivity index (χ3n) is 3.60. The lowest BCUT2D eigenvalue weighted by atomic mass is 10.1. The molecule has 0 atom stereocenters. The van der Waals surface area contributed by atoms with Crippen LogP contribution in [0.1, 0.15) is 31.2 Å². The number of nitrogen functional groups attached to an aromatic ring is 1. The summed E-state index contributed by atoms with van der Waals surface area (Å²) in [5.74, 6) is 5.81. The third-order valence-corrected chi connectivity index (χ3v) is 3.60. The topological polar surface area (TPSA) is 97.3 Å². The number of carbonyl (C=O) groups excluding carboxylic acids is 1. The number of nitrogens with one attached hydrogen (secondary N) is 1. The van der Waals surface area contributed by atoms with Crippen LogP contribution in [-0.4, -0.2) is 28.4 Å². The molecule has 6 nitrogen and oxygen atoms in total. The fourth-order valence-electron chi connectivity index (χ4n) is 2.70. The van der Waals surface area contributed by atoms with E-state index in [1.165, 1.54) is 12.8 Å². The number of pyridine rings is 1. The van der Waals surface area contributed by atoms with Gasteiger partial charge in [0.2, 0.25) is 5.91 Å². The SMILES string of the molecule is NNc1ncccc1CN(CC(N)=O)C1CCCC1. The molecule has 19 heavy (non-hydrogen) atoms. The van der Waals surface area contributed by atoms with Crippen LogP contribution < -0.4 is 17.0 Å². The van der Waals surface area contributed by atoms with Gasteiger partial charge in [0, 0.05) is 24.3 Å². The van der Waals surface area contributed by atoms with Crippen molar-refractivity contribution in [1.29, 1.82) is 0 Å². The van der Waals surface area contributed by atoms with E-state index in [2.05, 4.69) is 15.3 Å². The van der Waals surface area contributed by atoms with Crippen LogP contribution in [-0.2, 0) is 11.3 Å². The summed E-state index contributed by atoms with van der Waals surface area (Å²) in [6, 6.07) is 4.26. The van der Waals surface area contributed by atoms with Gasteiger partial charge in [0.15, 0.2) is 0 Å². The average Bonchev–Trinajstić information content (AvgIpc) is 2.92. The number of hydrogen-bond acceptors (Lipinski definition) is 5. The molecule has 1 aromatic rings. The maximum atomic E-state index is 11.2. The highest BCUT2D eigenvalue weighted by atomic mass is 16.1. The van der Waals surface area contributed by atoms with Crippen LogP contribution in [0.15, 0.2) is 18.3 Å². The van der Waals surface area contributed by atoms with Gasteiger partial charge in [0.05, 0.1) is 6.54 Å². The molecule has 0 aromatic carbocycles. The molecule has 0 bridgehead atoms. The summed E-state index contributed by atoms with van der Waals surface area (Å²) in [7, 11) is 0. The fourth-order valence-corrected chi connectivity index (χ4v) is 2.70. The van der Waals surface area contributed by atoms with Crippen molar-refractivity contribution >= 4 is 11.7 Å². The second-order valence-electron chi connectivity index (χ2n) is 4.97. The van der Waals surface area contributed by atoms with E-state index in [0.29, 0.717) is 18.4 Å². The molecule has 104 valence electrons. The molecule has 1 heterocycles. The highest BCUT2D eigenvalue weighted by Crippen LogP contribution is 2.25. The number of amides is 1. The monoisotopic (exact) mass is 263 g/mol. The van der Waals surface area contributed by atoms with Crippen LogP contribution in [0.5, 0.6) is 0 Å². The Morgan fingerprint density at radius 2 is 2.21 bits per heavy atom. The lowest BCUT2D eigenvalue weighted by Gasteiger charge is -2.28. The van der Waals surface area contributed by atoms with Crippen molar-refractivity contribution in [3.05, 3.63) is 23.9 Å². The second-order valence-corrected chi connectivity index (χ2v) is 4.97. The number of hydrogen-bond donors (Lipinski definition) is 3. The summed E-state index contributed by atoms with van der Waals surface area (Å²) in [6.07, 6.45) is 6.37. The van der Waals surface area contributed by atoms with Crippen molar-refractivity contribution < 1.29 is 4.79 Å². The Bertz CT molecular complexity index is 431. The van der Waals surface area contributed by atoms with Crippen molar-refractivity contribution in [3.8, 4) is 0 Å². The molecule has 6 heteroatoms. The van der Waals surface area contributed by atoms with E-state index in [1.807, 2.05) is 12.1 Å². The number of nitrogens with zero attached hydrogens (tertiary/aromatic N) is 2. The van der Waals surface area contributed by atoms with Gasteiger partial charge >= 0.3 is 0 Å². The lowest BCUT2D eigenvalue weighted by Crippen LogP contribution is -2.39. The molecule has 1 saturated carbocycles. The summed E-state index contributed by atoms with van der Waals surface area (Å²) < 4.78 is 0. The molecular weight excluding hydrogens is 242 g/mol. The molecule has 1 amide bonds. The number of hydrazine groups is 1. The molecule has 1 aliphatic carbocycles. The van der Waals surface area contributed by atoms with Crippen molar-refractivity contribution in [3.63, 3.8) is 0 Å². The van der Waals surface area contributed by atoms with Gasteiger partial charge in [0.25, 0.3) is 0 Å². The summed E-state index contributed by atoms with van der Waals surface area (Å²) >= 11 is 0. The Hall–Kier alpha value is -1.66. The van der Waals surface area contributed by atoms with E-state index in [0.717, 1.165) is 18.4 Å². The van der Waals surface area contributed by atoms with Gasteiger partial charge < -0.3 is 11.2 Å². The Morgan fingerprint density at radius 3 is 2.84 bits per heavy atom. The van der Waals surface area contributed by atoms with E-state index < -0.39 is 0 Å². The van der Waals surface area contributed by atoms with E-state index in [-0.39, 0.29) is 12.5 Å². The van der Waals surface area contributed by atoms with Crippen LogP contribution in [0, 0.1) is 0 Å². The van der Waals surface area contributed by atoms with Gasteiger partial charge in [0.1, 0.15) is 5.82 Å². The van der Waals surface area contributed by atoms with Crippen LogP contribution in [0.4, 0.5) is 5.82 Å². The first-order valence-electron chi connectivity index (χ1n) is 6.63. The van der Waals surface area contributed by atoms with Gasteiger partial charge in [-0.05, 0) is 18.9 Å². The minimum atomic E-state index is -0.293. The Labute approximate surface area is 113 Å². The van der Waals surface area contributed by atoms with Crippen molar-refractivity contribution in [1.82, 2.24) is 9.88 Å². The van der Waals surface area contributed by atoms with Crippen molar-refractivity contribution in [2.24, 2.45) is 11.6 Å². The minimum Gasteiger partial charge on any atom is -0.369 e. The smallest absolute Gasteiger partial charge is 0.231 e. The number of rotatable bonds is 6. The zero-order valence-electron chi connectivity index (χ0n) is 11.0. The maximum absolute atomic E-state index is 11.2. The van der Waals surface area contributed by atoms with Crippen LogP contribution in [0.25, 0.3) is 0 Å². The van der Waals surface area contributed by atoms with Gasteiger partial charge in [-0.1, -0.05) is 18.9 Å². The van der Waals surface area contributed by atoms with Crippen LogP contribution in [0.2, 0.25) is 0 Å². The molecule has 2 rings (SSSR count). The van der Waals surface area contributed by atoms with Gasteiger partial charge in [-0.25, -0.2) is 10.8 Å². The molecule has 0 unspecified atom stereocenters. The zero-order chi connectivity index (χ0) is 13.7. The Balaban J connectivity index is 2.12. The first-order valence-corrected chi connectivity index (χ1v) is 6.63.